The minimum atomic E-state index is 0.649. The van der Waals surface area contributed by atoms with Crippen LogP contribution in [0.15, 0.2) is 0 Å². The van der Waals surface area contributed by atoms with Crippen LogP contribution in [0.3, 0.4) is 0 Å². The third-order valence-electron chi connectivity index (χ3n) is 5.18. The van der Waals surface area contributed by atoms with E-state index in [0.717, 1.165) is 12.5 Å². The van der Waals surface area contributed by atoms with Gasteiger partial charge in [0.1, 0.15) is 0 Å². The Balaban J connectivity index is 2.16. The second kappa shape index (κ2) is 9.81. The average molecular weight is 298 g/mol. The second-order valence-corrected chi connectivity index (χ2v) is 7.37. The van der Waals surface area contributed by atoms with E-state index >= 15 is 0 Å². The number of nitrogens with zero attached hydrogens (tertiary/aromatic N) is 2. The van der Waals surface area contributed by atoms with Gasteiger partial charge in [-0.15, -0.1) is 0 Å². The molecule has 0 aliphatic carbocycles. The van der Waals surface area contributed by atoms with Gasteiger partial charge in [-0.2, -0.15) is 0 Å². The van der Waals surface area contributed by atoms with Gasteiger partial charge in [-0.05, 0) is 79.4 Å². The SMILES string of the molecule is CCC(C)N(CCNCC1CCN(C(C)C)CC1)C(C)C. The van der Waals surface area contributed by atoms with Gasteiger partial charge >= 0.3 is 0 Å². The largest absolute Gasteiger partial charge is 0.315 e. The van der Waals surface area contributed by atoms with E-state index in [1.54, 1.807) is 0 Å². The van der Waals surface area contributed by atoms with Gasteiger partial charge in [0.25, 0.3) is 0 Å². The molecule has 0 aromatic rings. The number of likely N-dealkylation sites (tertiary alicyclic amines) is 1. The predicted molar refractivity (Wildman–Crippen MR) is 93.9 cm³/mol. The third kappa shape index (κ3) is 6.66. The molecule has 0 radical (unpaired) electrons. The fraction of sp³-hybridized carbons (Fsp3) is 1.00. The van der Waals surface area contributed by atoms with E-state index in [2.05, 4.69) is 56.7 Å². The van der Waals surface area contributed by atoms with Gasteiger partial charge in [0.05, 0.1) is 0 Å². The lowest BCUT2D eigenvalue weighted by Gasteiger charge is -2.35. The van der Waals surface area contributed by atoms with Crippen LogP contribution in [0, 0.1) is 5.92 Å². The van der Waals surface area contributed by atoms with Crippen molar-refractivity contribution in [3.05, 3.63) is 0 Å². The minimum absolute atomic E-state index is 0.649. The van der Waals surface area contributed by atoms with Gasteiger partial charge in [-0.25, -0.2) is 0 Å². The van der Waals surface area contributed by atoms with Gasteiger partial charge in [0, 0.05) is 31.2 Å². The maximum atomic E-state index is 3.70. The quantitative estimate of drug-likeness (QED) is 0.659. The highest BCUT2D eigenvalue weighted by Crippen LogP contribution is 2.18. The molecule has 126 valence electrons. The molecule has 1 unspecified atom stereocenters. The van der Waals surface area contributed by atoms with Crippen molar-refractivity contribution in [3.8, 4) is 0 Å². The Bertz CT molecular complexity index is 257. The van der Waals surface area contributed by atoms with Crippen LogP contribution in [0.25, 0.3) is 0 Å². The van der Waals surface area contributed by atoms with Gasteiger partial charge < -0.3 is 10.2 Å². The van der Waals surface area contributed by atoms with Crippen molar-refractivity contribution in [2.75, 3.05) is 32.7 Å². The highest BCUT2D eigenvalue weighted by Gasteiger charge is 2.20. The standard InChI is InChI=1S/C18H39N3/c1-7-17(6)21(16(4)5)13-10-19-14-18-8-11-20(12-9-18)15(2)3/h15-19H,7-14H2,1-6H3. The Kier molecular flexibility index (Phi) is 8.84. The number of hydrogen-bond donors (Lipinski definition) is 1. The van der Waals surface area contributed by atoms with Crippen molar-refractivity contribution in [2.45, 2.75) is 78.9 Å². The molecule has 1 aliphatic heterocycles. The minimum Gasteiger partial charge on any atom is -0.315 e. The Hall–Kier alpha value is -0.120. The number of piperidine rings is 1. The third-order valence-corrected chi connectivity index (χ3v) is 5.18. The topological polar surface area (TPSA) is 18.5 Å². The molecule has 1 aliphatic rings. The van der Waals surface area contributed by atoms with Crippen molar-refractivity contribution >= 4 is 0 Å². The van der Waals surface area contributed by atoms with E-state index in [9.17, 15) is 0 Å². The summed E-state index contributed by atoms with van der Waals surface area (Å²) in [4.78, 5) is 5.23. The molecule has 3 heteroatoms. The van der Waals surface area contributed by atoms with Crippen molar-refractivity contribution in [1.29, 1.82) is 0 Å². The zero-order valence-electron chi connectivity index (χ0n) is 15.4. The van der Waals surface area contributed by atoms with Crippen LogP contribution in [0.1, 0.15) is 60.8 Å². The van der Waals surface area contributed by atoms with Crippen molar-refractivity contribution < 1.29 is 0 Å². The zero-order chi connectivity index (χ0) is 15.8. The fourth-order valence-corrected chi connectivity index (χ4v) is 3.41. The molecule has 0 saturated carbocycles. The van der Waals surface area contributed by atoms with Crippen LogP contribution in [-0.4, -0.2) is 60.6 Å². The van der Waals surface area contributed by atoms with Gasteiger partial charge in [-0.3, -0.25) is 4.90 Å². The first-order chi connectivity index (χ1) is 9.95. The molecule has 1 saturated heterocycles. The van der Waals surface area contributed by atoms with Crippen LogP contribution in [0.5, 0.6) is 0 Å². The lowest BCUT2D eigenvalue weighted by Crippen LogP contribution is -2.44. The summed E-state index contributed by atoms with van der Waals surface area (Å²) in [6.45, 7) is 20.0. The van der Waals surface area contributed by atoms with E-state index in [0.29, 0.717) is 18.1 Å². The Morgan fingerprint density at radius 1 is 1.10 bits per heavy atom. The van der Waals surface area contributed by atoms with Crippen LogP contribution in [0.4, 0.5) is 0 Å². The lowest BCUT2D eigenvalue weighted by molar-refractivity contribution is 0.142. The molecule has 1 fully saturated rings. The van der Waals surface area contributed by atoms with Crippen LogP contribution in [-0.2, 0) is 0 Å². The number of hydrogen-bond acceptors (Lipinski definition) is 3. The van der Waals surface area contributed by atoms with E-state index in [4.69, 9.17) is 0 Å². The summed E-state index contributed by atoms with van der Waals surface area (Å²) in [6.07, 6.45) is 3.97. The summed E-state index contributed by atoms with van der Waals surface area (Å²) in [5, 5.41) is 3.70. The van der Waals surface area contributed by atoms with E-state index in [1.165, 1.54) is 45.4 Å². The van der Waals surface area contributed by atoms with Crippen molar-refractivity contribution in [3.63, 3.8) is 0 Å². The number of rotatable bonds is 9. The van der Waals surface area contributed by atoms with Crippen molar-refractivity contribution in [2.24, 2.45) is 5.92 Å². The lowest BCUT2D eigenvalue weighted by atomic mass is 9.96. The van der Waals surface area contributed by atoms with Crippen LogP contribution in [0.2, 0.25) is 0 Å². The molecule has 21 heavy (non-hydrogen) atoms. The first-order valence-electron chi connectivity index (χ1n) is 9.16. The molecule has 1 atom stereocenters. The molecule has 1 heterocycles. The Labute approximate surface area is 133 Å². The summed E-state index contributed by atoms with van der Waals surface area (Å²) >= 11 is 0. The van der Waals surface area contributed by atoms with E-state index in [1.807, 2.05) is 0 Å². The average Bonchev–Trinajstić information content (AvgIpc) is 2.46. The molecule has 0 bridgehead atoms. The molecular formula is C18H39N3. The highest BCUT2D eigenvalue weighted by atomic mass is 15.2. The molecule has 0 spiro atoms. The van der Waals surface area contributed by atoms with Crippen LogP contribution < -0.4 is 5.32 Å². The van der Waals surface area contributed by atoms with Gasteiger partial charge in [0.2, 0.25) is 0 Å². The maximum Gasteiger partial charge on any atom is 0.0112 e. The van der Waals surface area contributed by atoms with Crippen molar-refractivity contribution in [1.82, 2.24) is 15.1 Å². The summed E-state index contributed by atoms with van der Waals surface area (Å²) in [5.74, 6) is 0.885. The maximum absolute atomic E-state index is 3.70. The number of nitrogens with one attached hydrogen (secondary N) is 1. The second-order valence-electron chi connectivity index (χ2n) is 7.37. The smallest absolute Gasteiger partial charge is 0.0112 e. The van der Waals surface area contributed by atoms with Gasteiger partial charge in [-0.1, -0.05) is 6.92 Å². The van der Waals surface area contributed by atoms with Gasteiger partial charge in [0.15, 0.2) is 0 Å². The molecule has 1 N–H and O–H groups in total. The fourth-order valence-electron chi connectivity index (χ4n) is 3.41. The first-order valence-corrected chi connectivity index (χ1v) is 9.16. The summed E-state index contributed by atoms with van der Waals surface area (Å²) in [5.41, 5.74) is 0. The molecule has 0 aromatic heterocycles. The van der Waals surface area contributed by atoms with E-state index < -0.39 is 0 Å². The Morgan fingerprint density at radius 2 is 1.71 bits per heavy atom. The predicted octanol–water partition coefficient (Wildman–Crippen LogP) is 3.21. The molecule has 0 amide bonds. The monoisotopic (exact) mass is 297 g/mol. The first kappa shape index (κ1) is 18.9. The van der Waals surface area contributed by atoms with Crippen LogP contribution >= 0.6 is 0 Å². The molecular weight excluding hydrogens is 258 g/mol. The normalized spacial score (nSPS) is 19.9. The summed E-state index contributed by atoms with van der Waals surface area (Å²) in [7, 11) is 0. The summed E-state index contributed by atoms with van der Waals surface area (Å²) < 4.78 is 0. The molecule has 3 nitrogen and oxygen atoms in total. The molecule has 0 aromatic carbocycles. The Morgan fingerprint density at radius 3 is 2.19 bits per heavy atom. The zero-order valence-corrected chi connectivity index (χ0v) is 15.4. The highest BCUT2D eigenvalue weighted by molar-refractivity contribution is 4.76. The molecule has 1 rings (SSSR count). The van der Waals surface area contributed by atoms with E-state index in [-0.39, 0.29) is 0 Å². The summed E-state index contributed by atoms with van der Waals surface area (Å²) in [6, 6.07) is 2.06.